The smallest absolute Gasteiger partial charge is 0.339 e. The van der Waals surface area contributed by atoms with Gasteiger partial charge in [-0.05, 0) is 23.3 Å². The van der Waals surface area contributed by atoms with Gasteiger partial charge in [0.15, 0.2) is 0 Å². The standard InChI is InChI=1S/C11H10O3/c1-3-7-5-9(11(13)14)10(12)6-8(7)4-2/h3-6,12H,1-2H2,(H,13,14). The molecule has 72 valence electrons. The molecule has 0 atom stereocenters. The summed E-state index contributed by atoms with van der Waals surface area (Å²) in [5.41, 5.74) is 1.16. The van der Waals surface area contributed by atoms with Crippen LogP contribution in [0.4, 0.5) is 0 Å². The van der Waals surface area contributed by atoms with Crippen molar-refractivity contribution in [3.8, 4) is 5.75 Å². The molecule has 2 N–H and O–H groups in total. The minimum absolute atomic E-state index is 0.134. The highest BCUT2D eigenvalue weighted by Crippen LogP contribution is 2.24. The van der Waals surface area contributed by atoms with Crippen molar-refractivity contribution >= 4 is 18.1 Å². The predicted molar refractivity (Wildman–Crippen MR) is 55.2 cm³/mol. The molecule has 0 heterocycles. The van der Waals surface area contributed by atoms with E-state index in [1.165, 1.54) is 24.3 Å². The first-order valence-electron chi connectivity index (χ1n) is 3.95. The lowest BCUT2D eigenvalue weighted by molar-refractivity contribution is 0.0693. The van der Waals surface area contributed by atoms with Crippen molar-refractivity contribution in [3.63, 3.8) is 0 Å². The third-order valence-electron chi connectivity index (χ3n) is 1.87. The molecule has 0 amide bonds. The summed E-state index contributed by atoms with van der Waals surface area (Å²) in [7, 11) is 0. The summed E-state index contributed by atoms with van der Waals surface area (Å²) < 4.78 is 0. The van der Waals surface area contributed by atoms with Gasteiger partial charge in [-0.1, -0.05) is 25.3 Å². The van der Waals surface area contributed by atoms with Gasteiger partial charge >= 0.3 is 5.97 Å². The summed E-state index contributed by atoms with van der Waals surface area (Å²) >= 11 is 0. The van der Waals surface area contributed by atoms with E-state index in [9.17, 15) is 9.90 Å². The number of hydrogen-bond donors (Lipinski definition) is 2. The second-order valence-corrected chi connectivity index (χ2v) is 2.71. The lowest BCUT2D eigenvalue weighted by Crippen LogP contribution is -1.98. The third kappa shape index (κ3) is 1.66. The monoisotopic (exact) mass is 190 g/mol. The van der Waals surface area contributed by atoms with Gasteiger partial charge in [0, 0.05) is 0 Å². The van der Waals surface area contributed by atoms with Crippen LogP contribution in [0, 0.1) is 0 Å². The molecule has 3 heteroatoms. The van der Waals surface area contributed by atoms with Crippen LogP contribution in [0.15, 0.2) is 25.3 Å². The molecule has 0 radical (unpaired) electrons. The molecule has 1 rings (SSSR count). The van der Waals surface area contributed by atoms with E-state index in [-0.39, 0.29) is 11.3 Å². The van der Waals surface area contributed by atoms with Crippen molar-refractivity contribution < 1.29 is 15.0 Å². The number of aromatic hydroxyl groups is 1. The van der Waals surface area contributed by atoms with Crippen molar-refractivity contribution in [2.75, 3.05) is 0 Å². The lowest BCUT2D eigenvalue weighted by atomic mass is 10.0. The second-order valence-electron chi connectivity index (χ2n) is 2.71. The van der Waals surface area contributed by atoms with Crippen LogP contribution in [0.1, 0.15) is 21.5 Å². The van der Waals surface area contributed by atoms with E-state index in [1.54, 1.807) is 0 Å². The fourth-order valence-corrected chi connectivity index (χ4v) is 1.15. The molecule has 0 aliphatic carbocycles. The number of aromatic carboxylic acids is 1. The van der Waals surface area contributed by atoms with Gasteiger partial charge in [0.2, 0.25) is 0 Å². The fourth-order valence-electron chi connectivity index (χ4n) is 1.15. The van der Waals surface area contributed by atoms with Gasteiger partial charge < -0.3 is 10.2 Å². The first-order chi connectivity index (χ1) is 6.60. The molecule has 0 spiro atoms. The Balaban J connectivity index is 3.44. The number of rotatable bonds is 3. The zero-order chi connectivity index (χ0) is 10.7. The van der Waals surface area contributed by atoms with E-state index in [1.807, 2.05) is 0 Å². The van der Waals surface area contributed by atoms with Gasteiger partial charge in [-0.3, -0.25) is 0 Å². The maximum absolute atomic E-state index is 10.7. The highest BCUT2D eigenvalue weighted by Gasteiger charge is 2.11. The molecule has 0 aromatic heterocycles. The Morgan fingerprint density at radius 3 is 2.14 bits per heavy atom. The number of benzene rings is 1. The summed E-state index contributed by atoms with van der Waals surface area (Å²) in [6.07, 6.45) is 3.05. The molecule has 0 fully saturated rings. The molecule has 0 aliphatic heterocycles. The zero-order valence-corrected chi connectivity index (χ0v) is 7.53. The number of carboxylic acids is 1. The van der Waals surface area contributed by atoms with Crippen molar-refractivity contribution in [2.24, 2.45) is 0 Å². The molecule has 3 nitrogen and oxygen atoms in total. The van der Waals surface area contributed by atoms with Crippen molar-refractivity contribution in [1.82, 2.24) is 0 Å². The Kier molecular flexibility index (Phi) is 2.72. The Bertz CT molecular complexity index is 405. The highest BCUT2D eigenvalue weighted by atomic mass is 16.4. The highest BCUT2D eigenvalue weighted by molar-refractivity contribution is 5.92. The average molecular weight is 190 g/mol. The van der Waals surface area contributed by atoms with E-state index < -0.39 is 5.97 Å². The minimum Gasteiger partial charge on any atom is -0.507 e. The summed E-state index contributed by atoms with van der Waals surface area (Å²) in [5.74, 6) is -1.43. The van der Waals surface area contributed by atoms with Crippen LogP contribution < -0.4 is 0 Å². The number of phenols is 1. The van der Waals surface area contributed by atoms with E-state index in [4.69, 9.17) is 5.11 Å². The van der Waals surface area contributed by atoms with Crippen LogP contribution in [0.3, 0.4) is 0 Å². The number of hydrogen-bond acceptors (Lipinski definition) is 2. The Labute approximate surface area is 81.6 Å². The molecular formula is C11H10O3. The maximum Gasteiger partial charge on any atom is 0.339 e. The van der Waals surface area contributed by atoms with Gasteiger partial charge in [-0.2, -0.15) is 0 Å². The van der Waals surface area contributed by atoms with Crippen molar-refractivity contribution in [3.05, 3.63) is 42.0 Å². The first-order valence-corrected chi connectivity index (χ1v) is 3.95. The molecule has 1 aromatic carbocycles. The Morgan fingerprint density at radius 1 is 1.21 bits per heavy atom. The molecule has 0 saturated heterocycles. The van der Waals surface area contributed by atoms with Gasteiger partial charge in [-0.15, -0.1) is 0 Å². The van der Waals surface area contributed by atoms with E-state index in [2.05, 4.69) is 13.2 Å². The van der Waals surface area contributed by atoms with Crippen LogP contribution >= 0.6 is 0 Å². The average Bonchev–Trinajstić information content (AvgIpc) is 2.16. The predicted octanol–water partition coefficient (Wildman–Crippen LogP) is 2.38. The lowest BCUT2D eigenvalue weighted by Gasteiger charge is -2.05. The summed E-state index contributed by atoms with van der Waals surface area (Å²) in [4.78, 5) is 10.7. The topological polar surface area (TPSA) is 57.5 Å². The minimum atomic E-state index is -1.17. The van der Waals surface area contributed by atoms with Gasteiger partial charge in [0.05, 0.1) is 0 Å². The van der Waals surface area contributed by atoms with E-state index >= 15 is 0 Å². The van der Waals surface area contributed by atoms with Crippen LogP contribution in [-0.4, -0.2) is 16.2 Å². The van der Waals surface area contributed by atoms with E-state index in [0.717, 1.165) is 0 Å². The van der Waals surface area contributed by atoms with Crippen molar-refractivity contribution in [1.29, 1.82) is 0 Å². The molecule has 0 aliphatic rings. The zero-order valence-electron chi connectivity index (χ0n) is 7.53. The first kappa shape index (κ1) is 10.1. The molecular weight excluding hydrogens is 180 g/mol. The summed E-state index contributed by atoms with van der Waals surface area (Å²) in [6.45, 7) is 7.10. The van der Waals surface area contributed by atoms with E-state index in [0.29, 0.717) is 11.1 Å². The van der Waals surface area contributed by atoms with Crippen LogP contribution in [0.25, 0.3) is 12.2 Å². The largest absolute Gasteiger partial charge is 0.507 e. The van der Waals surface area contributed by atoms with Crippen LogP contribution in [0.2, 0.25) is 0 Å². The number of carbonyl (C=O) groups is 1. The van der Waals surface area contributed by atoms with Crippen molar-refractivity contribution in [2.45, 2.75) is 0 Å². The summed E-state index contributed by atoms with van der Waals surface area (Å²) in [5, 5.41) is 18.1. The molecule has 0 unspecified atom stereocenters. The fraction of sp³-hybridized carbons (Fsp3) is 0. The number of carboxylic acid groups (broad SMARTS) is 1. The van der Waals surface area contributed by atoms with Crippen LogP contribution in [-0.2, 0) is 0 Å². The summed E-state index contributed by atoms with van der Waals surface area (Å²) in [6, 6.07) is 2.72. The quantitative estimate of drug-likeness (QED) is 0.769. The Morgan fingerprint density at radius 2 is 1.71 bits per heavy atom. The molecule has 1 aromatic rings. The van der Waals surface area contributed by atoms with Gasteiger partial charge in [-0.25, -0.2) is 4.79 Å². The Hall–Kier alpha value is -2.03. The van der Waals surface area contributed by atoms with Gasteiger partial charge in [0.1, 0.15) is 11.3 Å². The maximum atomic E-state index is 10.7. The normalized spacial score (nSPS) is 9.43. The second kappa shape index (κ2) is 3.79. The van der Waals surface area contributed by atoms with Crippen LogP contribution in [0.5, 0.6) is 5.75 Å². The SMILES string of the molecule is C=Cc1cc(O)c(C(=O)O)cc1C=C. The molecule has 0 saturated carbocycles. The molecule has 0 bridgehead atoms. The van der Waals surface area contributed by atoms with Gasteiger partial charge in [0.25, 0.3) is 0 Å². The third-order valence-corrected chi connectivity index (χ3v) is 1.87. The molecule has 14 heavy (non-hydrogen) atoms.